The Bertz CT molecular complexity index is 713. The van der Waals surface area contributed by atoms with E-state index in [2.05, 4.69) is 20.6 Å². The van der Waals surface area contributed by atoms with Crippen LogP contribution in [0.1, 0.15) is 28.1 Å². The lowest BCUT2D eigenvalue weighted by Gasteiger charge is -2.12. The van der Waals surface area contributed by atoms with Crippen molar-refractivity contribution in [2.75, 3.05) is 38.8 Å². The van der Waals surface area contributed by atoms with Crippen LogP contribution in [0.2, 0.25) is 0 Å². The van der Waals surface area contributed by atoms with Gasteiger partial charge in [-0.1, -0.05) is 0 Å². The topological polar surface area (TPSA) is 85.4 Å². The van der Waals surface area contributed by atoms with Gasteiger partial charge in [0.2, 0.25) is 0 Å². The zero-order valence-electron chi connectivity index (χ0n) is 13.9. The minimum Gasteiger partial charge on any atom is -0.385 e. The average molecular weight is 350 g/mol. The van der Waals surface area contributed by atoms with E-state index in [0.717, 1.165) is 41.0 Å². The maximum Gasteiger partial charge on any atom is 0.261 e. The molecule has 0 radical (unpaired) electrons. The molecule has 1 aliphatic heterocycles. The number of thiophene rings is 1. The van der Waals surface area contributed by atoms with Crippen molar-refractivity contribution in [3.8, 4) is 0 Å². The molecular weight excluding hydrogens is 328 g/mol. The second-order valence-electron chi connectivity index (χ2n) is 5.77. The molecule has 3 rings (SSSR count). The Hall–Kier alpha value is -1.77. The van der Waals surface area contributed by atoms with E-state index in [0.29, 0.717) is 24.6 Å². The summed E-state index contributed by atoms with van der Waals surface area (Å²) in [7, 11) is 1.65. The predicted octanol–water partition coefficient (Wildman–Crippen LogP) is 1.97. The third-order valence-electron chi connectivity index (χ3n) is 4.01. The van der Waals surface area contributed by atoms with Gasteiger partial charge < -0.3 is 20.1 Å². The molecule has 3 heterocycles. The van der Waals surface area contributed by atoms with Gasteiger partial charge in [0.05, 0.1) is 22.9 Å². The second kappa shape index (κ2) is 7.87. The second-order valence-corrected chi connectivity index (χ2v) is 6.76. The zero-order valence-corrected chi connectivity index (χ0v) is 14.7. The average Bonchev–Trinajstić information content (AvgIpc) is 3.20. The molecule has 24 heavy (non-hydrogen) atoms. The smallest absolute Gasteiger partial charge is 0.261 e. The molecular formula is C16H22N4O3S. The number of carbonyl (C=O) groups excluding carboxylic acids is 1. The first-order valence-corrected chi connectivity index (χ1v) is 8.88. The van der Waals surface area contributed by atoms with E-state index < -0.39 is 0 Å². The van der Waals surface area contributed by atoms with Gasteiger partial charge >= 0.3 is 0 Å². The maximum atomic E-state index is 12.4. The van der Waals surface area contributed by atoms with E-state index in [9.17, 15) is 4.79 Å². The lowest BCUT2D eigenvalue weighted by Crippen LogP contribution is -2.25. The highest BCUT2D eigenvalue weighted by Crippen LogP contribution is 2.33. The van der Waals surface area contributed by atoms with Crippen molar-refractivity contribution in [3.63, 3.8) is 0 Å². The number of nitrogens with one attached hydrogen (secondary N) is 2. The van der Waals surface area contributed by atoms with Crippen molar-refractivity contribution in [2.24, 2.45) is 0 Å². The van der Waals surface area contributed by atoms with Gasteiger partial charge in [-0.3, -0.25) is 4.79 Å². The summed E-state index contributed by atoms with van der Waals surface area (Å²) in [6.07, 6.45) is 3.29. The van der Waals surface area contributed by atoms with E-state index in [-0.39, 0.29) is 11.9 Å². The summed E-state index contributed by atoms with van der Waals surface area (Å²) in [6.45, 7) is 4.62. The first kappa shape index (κ1) is 17.1. The van der Waals surface area contributed by atoms with Gasteiger partial charge in [0.1, 0.15) is 17.0 Å². The van der Waals surface area contributed by atoms with Gasteiger partial charge in [0, 0.05) is 26.9 Å². The molecule has 2 aromatic heterocycles. The Labute approximate surface area is 144 Å². The number of hydrogen-bond acceptors (Lipinski definition) is 7. The fourth-order valence-corrected chi connectivity index (χ4v) is 3.80. The minimum atomic E-state index is -0.0678. The third-order valence-corrected chi connectivity index (χ3v) is 5.21. The summed E-state index contributed by atoms with van der Waals surface area (Å²) in [5, 5.41) is 7.28. The Morgan fingerprint density at radius 2 is 2.38 bits per heavy atom. The van der Waals surface area contributed by atoms with Crippen molar-refractivity contribution >= 4 is 33.3 Å². The molecule has 1 aliphatic rings. The number of rotatable bonds is 7. The Morgan fingerprint density at radius 3 is 3.12 bits per heavy atom. The molecule has 0 saturated carbocycles. The Kier molecular flexibility index (Phi) is 5.60. The molecule has 1 fully saturated rings. The molecule has 0 aliphatic carbocycles. The highest BCUT2D eigenvalue weighted by molar-refractivity contribution is 7.20. The third kappa shape index (κ3) is 3.66. The molecule has 0 unspecified atom stereocenters. The van der Waals surface area contributed by atoms with Crippen LogP contribution in [-0.2, 0) is 9.47 Å². The number of fused-ring (bicyclic) bond motifs is 1. The van der Waals surface area contributed by atoms with Gasteiger partial charge in [0.25, 0.3) is 5.91 Å². The molecule has 0 spiro atoms. The Balaban J connectivity index is 1.80. The number of nitrogens with zero attached hydrogens (tertiary/aromatic N) is 2. The van der Waals surface area contributed by atoms with Gasteiger partial charge in [0.15, 0.2) is 0 Å². The number of methoxy groups -OCH3 is 1. The molecule has 0 bridgehead atoms. The van der Waals surface area contributed by atoms with Crippen molar-refractivity contribution < 1.29 is 14.3 Å². The lowest BCUT2D eigenvalue weighted by molar-refractivity contribution is 0.0952. The summed E-state index contributed by atoms with van der Waals surface area (Å²) in [5.74, 6) is 0.712. The molecule has 0 aromatic carbocycles. The number of hydrogen-bond donors (Lipinski definition) is 2. The summed E-state index contributed by atoms with van der Waals surface area (Å²) in [5.41, 5.74) is 0.918. The predicted molar refractivity (Wildman–Crippen MR) is 93.8 cm³/mol. The molecule has 1 saturated heterocycles. The van der Waals surface area contributed by atoms with Gasteiger partial charge in [-0.05, 0) is 25.3 Å². The molecule has 130 valence electrons. The Morgan fingerprint density at radius 1 is 1.50 bits per heavy atom. The SMILES string of the molecule is COCCCNC(=O)c1sc2ncnc(N[C@@H]3CCOC3)c2c1C. The van der Waals surface area contributed by atoms with Crippen LogP contribution in [0.5, 0.6) is 0 Å². The van der Waals surface area contributed by atoms with Gasteiger partial charge in [-0.15, -0.1) is 11.3 Å². The lowest BCUT2D eigenvalue weighted by atomic mass is 10.2. The van der Waals surface area contributed by atoms with Gasteiger partial charge in [-0.25, -0.2) is 9.97 Å². The summed E-state index contributed by atoms with van der Waals surface area (Å²) in [4.78, 5) is 22.6. The van der Waals surface area contributed by atoms with Crippen LogP contribution in [0.3, 0.4) is 0 Å². The first-order chi connectivity index (χ1) is 11.7. The zero-order chi connectivity index (χ0) is 16.9. The van der Waals surface area contributed by atoms with E-state index in [4.69, 9.17) is 9.47 Å². The largest absolute Gasteiger partial charge is 0.385 e. The van der Waals surface area contributed by atoms with Crippen LogP contribution in [-0.4, -0.2) is 55.4 Å². The van der Waals surface area contributed by atoms with Crippen molar-refractivity contribution in [1.29, 1.82) is 0 Å². The van der Waals surface area contributed by atoms with Crippen molar-refractivity contribution in [3.05, 3.63) is 16.8 Å². The fourth-order valence-electron chi connectivity index (χ4n) is 2.74. The standard InChI is InChI=1S/C16H22N4O3S/c1-10-12-14(20-11-4-7-23-8-11)18-9-19-16(12)24-13(10)15(21)17-5-3-6-22-2/h9,11H,3-8H2,1-2H3,(H,17,21)(H,18,19,20)/t11-/m1/s1. The van der Waals surface area contributed by atoms with Crippen LogP contribution in [0.25, 0.3) is 10.2 Å². The van der Waals surface area contributed by atoms with Crippen LogP contribution in [0.15, 0.2) is 6.33 Å². The monoisotopic (exact) mass is 350 g/mol. The van der Waals surface area contributed by atoms with Crippen molar-refractivity contribution in [1.82, 2.24) is 15.3 Å². The number of aryl methyl sites for hydroxylation is 1. The van der Waals surface area contributed by atoms with E-state index in [1.807, 2.05) is 6.92 Å². The molecule has 1 atom stereocenters. The summed E-state index contributed by atoms with van der Waals surface area (Å²) < 4.78 is 10.4. The maximum absolute atomic E-state index is 12.4. The number of aromatic nitrogens is 2. The molecule has 2 N–H and O–H groups in total. The van der Waals surface area contributed by atoms with Crippen LogP contribution < -0.4 is 10.6 Å². The van der Waals surface area contributed by atoms with E-state index in [1.165, 1.54) is 17.7 Å². The van der Waals surface area contributed by atoms with E-state index >= 15 is 0 Å². The first-order valence-electron chi connectivity index (χ1n) is 8.06. The highest BCUT2D eigenvalue weighted by Gasteiger charge is 2.22. The van der Waals surface area contributed by atoms with Crippen molar-refractivity contribution in [2.45, 2.75) is 25.8 Å². The van der Waals surface area contributed by atoms with E-state index in [1.54, 1.807) is 7.11 Å². The van der Waals surface area contributed by atoms with Gasteiger partial charge in [-0.2, -0.15) is 0 Å². The highest BCUT2D eigenvalue weighted by atomic mass is 32.1. The fraction of sp³-hybridized carbons (Fsp3) is 0.562. The summed E-state index contributed by atoms with van der Waals surface area (Å²) in [6, 6.07) is 0.258. The molecule has 7 nitrogen and oxygen atoms in total. The number of carbonyl (C=O) groups is 1. The molecule has 2 aromatic rings. The molecule has 1 amide bonds. The summed E-state index contributed by atoms with van der Waals surface area (Å²) >= 11 is 1.40. The van der Waals surface area contributed by atoms with Crippen LogP contribution in [0.4, 0.5) is 5.82 Å². The normalized spacial score (nSPS) is 17.3. The van der Waals surface area contributed by atoms with Crippen LogP contribution >= 0.6 is 11.3 Å². The number of amides is 1. The number of anilines is 1. The quantitative estimate of drug-likeness (QED) is 0.743. The van der Waals surface area contributed by atoms with Crippen LogP contribution in [0, 0.1) is 6.92 Å². The number of ether oxygens (including phenoxy) is 2. The molecule has 8 heteroatoms. The minimum absolute atomic E-state index is 0.0678.